The van der Waals surface area contributed by atoms with E-state index < -0.39 is 11.5 Å². The van der Waals surface area contributed by atoms with Crippen LogP contribution in [0.3, 0.4) is 0 Å². The van der Waals surface area contributed by atoms with Crippen molar-refractivity contribution in [3.63, 3.8) is 0 Å². The third-order valence-electron chi connectivity index (χ3n) is 7.29. The average molecular weight is 536 g/mol. The van der Waals surface area contributed by atoms with E-state index in [2.05, 4.69) is 15.4 Å². The highest BCUT2D eigenvalue weighted by molar-refractivity contribution is 7.17. The van der Waals surface area contributed by atoms with E-state index in [1.807, 2.05) is 11.4 Å². The van der Waals surface area contributed by atoms with E-state index in [1.54, 1.807) is 49.0 Å². The molecule has 0 unspecified atom stereocenters. The average Bonchev–Trinajstić information content (AvgIpc) is 3.44. The molecule has 2 amide bonds. The molecule has 11 heteroatoms. The number of hydrogen-bond acceptors (Lipinski definition) is 8. The molecule has 6 rings (SSSR count). The Kier molecular flexibility index (Phi) is 5.80. The zero-order valence-corrected chi connectivity index (χ0v) is 22.0. The number of carbonyl (C=O) groups is 2. The molecule has 2 saturated carbocycles. The van der Waals surface area contributed by atoms with Gasteiger partial charge in [-0.3, -0.25) is 9.59 Å². The van der Waals surface area contributed by atoms with Gasteiger partial charge in [0.05, 0.1) is 39.3 Å². The maximum Gasteiger partial charge on any atom is 0.255 e. The van der Waals surface area contributed by atoms with Crippen LogP contribution in [0.25, 0.3) is 15.7 Å². The van der Waals surface area contributed by atoms with E-state index in [9.17, 15) is 14.7 Å². The highest BCUT2D eigenvalue weighted by Gasteiger charge is 2.54. The molecule has 4 heterocycles. The number of nitrogens with zero attached hydrogens (tertiary/aromatic N) is 3. The van der Waals surface area contributed by atoms with Crippen LogP contribution in [-0.4, -0.2) is 55.9 Å². The third kappa shape index (κ3) is 4.67. The normalized spacial score (nSPS) is 22.7. The number of amides is 2. The summed E-state index contributed by atoms with van der Waals surface area (Å²) in [6.07, 6.45) is 6.69. The first-order valence-electron chi connectivity index (χ1n) is 12.6. The minimum absolute atomic E-state index is 0.0271. The highest BCUT2D eigenvalue weighted by Crippen LogP contribution is 2.57. The molecule has 1 spiro atoms. The second-order valence-corrected chi connectivity index (χ2v) is 12.0. The minimum atomic E-state index is -0.946. The standard InChI is InChI=1S/C27H29N5O5S/c1-26(2,35)14-36-16-3-4-21-19(12-29-32(21)13-16)24(34)30-15-8-27(9-15)10-17(11-27)37-25-18(23(28)33)7-22-20(31-25)5-6-38-22/h3-7,12-13,15,17,35H,8-11,14H2,1-2H3,(H2,28,33)(H,30,34). The lowest BCUT2D eigenvalue weighted by Gasteiger charge is -2.57. The van der Waals surface area contributed by atoms with Crippen LogP contribution >= 0.6 is 11.3 Å². The SMILES string of the molecule is CC(C)(O)COc1ccc2c(C(=O)NC3CC4(C3)CC(Oc3nc5ccsc5cc3C(N)=O)C4)cnn2c1. The van der Waals surface area contributed by atoms with Gasteiger partial charge in [-0.05, 0) is 74.6 Å². The van der Waals surface area contributed by atoms with Crippen molar-refractivity contribution in [1.82, 2.24) is 19.9 Å². The van der Waals surface area contributed by atoms with Crippen LogP contribution in [0.1, 0.15) is 60.2 Å². The van der Waals surface area contributed by atoms with Gasteiger partial charge in [-0.1, -0.05) is 0 Å². The number of carbonyl (C=O) groups excluding carboxylic acids is 2. The lowest BCUT2D eigenvalue weighted by atomic mass is 9.53. The van der Waals surface area contributed by atoms with Gasteiger partial charge in [0, 0.05) is 6.04 Å². The maximum absolute atomic E-state index is 13.0. The molecule has 198 valence electrons. The molecule has 2 fully saturated rings. The second-order valence-electron chi connectivity index (χ2n) is 11.1. The number of nitrogens with one attached hydrogen (secondary N) is 1. The predicted octanol–water partition coefficient (Wildman–Crippen LogP) is 3.31. The van der Waals surface area contributed by atoms with Crippen LogP contribution in [0.4, 0.5) is 0 Å². The van der Waals surface area contributed by atoms with Crippen molar-refractivity contribution in [2.24, 2.45) is 11.1 Å². The quantitative estimate of drug-likeness (QED) is 0.314. The van der Waals surface area contributed by atoms with Crippen LogP contribution in [0.2, 0.25) is 0 Å². The molecule has 0 radical (unpaired) electrons. The van der Waals surface area contributed by atoms with E-state index in [0.717, 1.165) is 35.9 Å². The Morgan fingerprint density at radius 2 is 2.03 bits per heavy atom. The molecule has 4 aromatic rings. The zero-order valence-electron chi connectivity index (χ0n) is 21.1. The summed E-state index contributed by atoms with van der Waals surface area (Å²) >= 11 is 1.51. The number of primary amides is 1. The van der Waals surface area contributed by atoms with E-state index in [0.29, 0.717) is 28.3 Å². The lowest BCUT2D eigenvalue weighted by Crippen LogP contribution is -2.58. The maximum atomic E-state index is 13.0. The Bertz CT molecular complexity index is 1540. The van der Waals surface area contributed by atoms with E-state index in [-0.39, 0.29) is 30.1 Å². The summed E-state index contributed by atoms with van der Waals surface area (Å²) in [5.74, 6) is 0.158. The first kappa shape index (κ1) is 24.6. The molecule has 0 atom stereocenters. The van der Waals surface area contributed by atoms with Gasteiger partial charge in [0.25, 0.3) is 11.8 Å². The summed E-state index contributed by atoms with van der Waals surface area (Å²) in [7, 11) is 0. The smallest absolute Gasteiger partial charge is 0.255 e. The lowest BCUT2D eigenvalue weighted by molar-refractivity contribution is -0.0847. The molecule has 10 nitrogen and oxygen atoms in total. The molecule has 4 aromatic heterocycles. The molecule has 4 N–H and O–H groups in total. The number of rotatable bonds is 8. The van der Waals surface area contributed by atoms with E-state index >= 15 is 0 Å². The molecule has 0 aromatic carbocycles. The van der Waals surface area contributed by atoms with Crippen LogP contribution < -0.4 is 20.5 Å². The Labute approximate surface area is 222 Å². The molecular weight excluding hydrogens is 506 g/mol. The van der Waals surface area contributed by atoms with Crippen molar-refractivity contribution in [2.45, 2.75) is 57.3 Å². The fraction of sp³-hybridized carbons (Fsp3) is 0.407. The van der Waals surface area contributed by atoms with Crippen molar-refractivity contribution in [3.8, 4) is 11.6 Å². The monoisotopic (exact) mass is 535 g/mol. The fourth-order valence-electron chi connectivity index (χ4n) is 5.46. The van der Waals surface area contributed by atoms with Crippen molar-refractivity contribution < 1.29 is 24.2 Å². The van der Waals surface area contributed by atoms with Gasteiger partial charge in [-0.15, -0.1) is 11.3 Å². The number of fused-ring (bicyclic) bond motifs is 2. The number of pyridine rings is 2. The number of aromatic nitrogens is 3. The molecule has 2 aliphatic carbocycles. The highest BCUT2D eigenvalue weighted by atomic mass is 32.1. The summed E-state index contributed by atoms with van der Waals surface area (Å²) in [6.45, 7) is 3.49. The van der Waals surface area contributed by atoms with Gasteiger partial charge in [0.15, 0.2) is 0 Å². The fourth-order valence-corrected chi connectivity index (χ4v) is 6.22. The largest absolute Gasteiger partial charge is 0.489 e. The minimum Gasteiger partial charge on any atom is -0.489 e. The van der Waals surface area contributed by atoms with Crippen molar-refractivity contribution >= 4 is 38.9 Å². The van der Waals surface area contributed by atoms with Gasteiger partial charge in [-0.25, -0.2) is 9.50 Å². The molecule has 0 bridgehead atoms. The van der Waals surface area contributed by atoms with Crippen LogP contribution in [0, 0.1) is 5.41 Å². The predicted molar refractivity (Wildman–Crippen MR) is 142 cm³/mol. The first-order valence-corrected chi connectivity index (χ1v) is 13.4. The molecule has 2 aliphatic rings. The molecule has 38 heavy (non-hydrogen) atoms. The van der Waals surface area contributed by atoms with Crippen LogP contribution in [0.5, 0.6) is 11.6 Å². The Morgan fingerprint density at radius 1 is 1.24 bits per heavy atom. The van der Waals surface area contributed by atoms with Gasteiger partial charge < -0.3 is 25.6 Å². The number of thiophene rings is 1. The summed E-state index contributed by atoms with van der Waals surface area (Å²) in [5, 5.41) is 19.2. The molecular formula is C27H29N5O5S. The molecule has 0 saturated heterocycles. The second kappa shape index (κ2) is 8.95. The van der Waals surface area contributed by atoms with E-state index in [4.69, 9.17) is 15.2 Å². The van der Waals surface area contributed by atoms with E-state index in [1.165, 1.54) is 11.3 Å². The summed E-state index contributed by atoms with van der Waals surface area (Å²) in [5.41, 5.74) is 7.05. The number of aliphatic hydroxyl groups is 1. The molecule has 0 aliphatic heterocycles. The van der Waals surface area contributed by atoms with Gasteiger partial charge in [0.2, 0.25) is 5.88 Å². The summed E-state index contributed by atoms with van der Waals surface area (Å²) < 4.78 is 14.2. The Hall–Kier alpha value is -3.70. The Balaban J connectivity index is 1.03. The number of nitrogens with two attached hydrogens (primary N) is 1. The topological polar surface area (TPSA) is 141 Å². The van der Waals surface area contributed by atoms with Gasteiger partial charge >= 0.3 is 0 Å². The third-order valence-corrected chi connectivity index (χ3v) is 8.14. The first-order chi connectivity index (χ1) is 18.1. The number of ether oxygens (including phenoxy) is 2. The zero-order chi connectivity index (χ0) is 26.7. The van der Waals surface area contributed by atoms with Gasteiger partial charge in [0.1, 0.15) is 24.0 Å². The Morgan fingerprint density at radius 3 is 2.76 bits per heavy atom. The van der Waals surface area contributed by atoms with Gasteiger partial charge in [-0.2, -0.15) is 5.10 Å². The van der Waals surface area contributed by atoms with Crippen molar-refractivity contribution in [1.29, 1.82) is 0 Å². The summed E-state index contributed by atoms with van der Waals surface area (Å²) in [4.78, 5) is 29.4. The van der Waals surface area contributed by atoms with Crippen LogP contribution in [-0.2, 0) is 0 Å². The van der Waals surface area contributed by atoms with Crippen molar-refractivity contribution in [3.05, 3.63) is 53.2 Å². The summed E-state index contributed by atoms with van der Waals surface area (Å²) in [6, 6.07) is 7.29. The van der Waals surface area contributed by atoms with Crippen molar-refractivity contribution in [2.75, 3.05) is 6.61 Å². The number of hydrogen-bond donors (Lipinski definition) is 3. The van der Waals surface area contributed by atoms with Crippen LogP contribution in [0.15, 0.2) is 42.0 Å².